The van der Waals surface area contributed by atoms with Gasteiger partial charge in [0.1, 0.15) is 5.75 Å². The summed E-state index contributed by atoms with van der Waals surface area (Å²) in [5, 5.41) is 11.4. The zero-order valence-electron chi connectivity index (χ0n) is 15.1. The van der Waals surface area contributed by atoms with Crippen molar-refractivity contribution in [2.24, 2.45) is 0 Å². The zero-order valence-corrected chi connectivity index (χ0v) is 16.8. The minimum Gasteiger partial charge on any atom is -0.497 e. The smallest absolute Gasteiger partial charge is 0.324 e. The Hall–Kier alpha value is -3.37. The van der Waals surface area contributed by atoms with Crippen molar-refractivity contribution >= 4 is 48.9 Å². The minimum atomic E-state index is -0.501. The predicted octanol–water partition coefficient (Wildman–Crippen LogP) is 4.52. The molecule has 10 heteroatoms. The van der Waals surface area contributed by atoms with E-state index in [0.717, 1.165) is 21.6 Å². The first-order valence-electron chi connectivity index (χ1n) is 8.45. The molecule has 0 atom stereocenters. The fraction of sp³-hybridized carbons (Fsp3) is 0.105. The lowest BCUT2D eigenvalue weighted by Gasteiger charge is -2.19. The van der Waals surface area contributed by atoms with E-state index in [9.17, 15) is 14.9 Å². The van der Waals surface area contributed by atoms with Crippen LogP contribution in [0, 0.1) is 10.1 Å². The lowest BCUT2D eigenvalue weighted by molar-refractivity contribution is -0.380. The van der Waals surface area contributed by atoms with E-state index in [1.807, 2.05) is 24.3 Å². The summed E-state index contributed by atoms with van der Waals surface area (Å²) >= 11 is 2.22. The van der Waals surface area contributed by atoms with Gasteiger partial charge in [-0.05, 0) is 35.9 Å². The van der Waals surface area contributed by atoms with Crippen LogP contribution >= 0.6 is 22.7 Å². The molecule has 29 heavy (non-hydrogen) atoms. The van der Waals surface area contributed by atoms with Gasteiger partial charge in [-0.3, -0.25) is 24.8 Å². The van der Waals surface area contributed by atoms with E-state index in [0.29, 0.717) is 16.4 Å². The number of anilines is 1. The molecule has 4 rings (SSSR count). The van der Waals surface area contributed by atoms with E-state index in [-0.39, 0.29) is 22.3 Å². The highest BCUT2D eigenvalue weighted by Gasteiger charge is 2.25. The number of benzene rings is 1. The molecule has 0 aliphatic carbocycles. The third-order valence-corrected chi connectivity index (χ3v) is 6.22. The van der Waals surface area contributed by atoms with Crippen molar-refractivity contribution in [3.63, 3.8) is 0 Å². The molecule has 0 radical (unpaired) electrons. The number of thiophene rings is 1. The summed E-state index contributed by atoms with van der Waals surface area (Å²) in [6.07, 6.45) is 3.30. The fourth-order valence-electron chi connectivity index (χ4n) is 2.71. The Morgan fingerprint density at radius 1 is 1.17 bits per heavy atom. The second-order valence-electron chi connectivity index (χ2n) is 5.97. The highest BCUT2D eigenvalue weighted by Crippen LogP contribution is 2.34. The van der Waals surface area contributed by atoms with Crippen LogP contribution < -0.4 is 9.64 Å². The summed E-state index contributed by atoms with van der Waals surface area (Å²) in [5.41, 5.74) is 1.59. The Bertz CT molecular complexity index is 1190. The Morgan fingerprint density at radius 3 is 2.66 bits per heavy atom. The normalized spacial score (nSPS) is 10.8. The maximum atomic E-state index is 13.2. The van der Waals surface area contributed by atoms with Crippen LogP contribution in [-0.4, -0.2) is 27.9 Å². The third kappa shape index (κ3) is 3.93. The Morgan fingerprint density at radius 2 is 1.97 bits per heavy atom. The number of carbonyl (C=O) groups is 1. The van der Waals surface area contributed by atoms with Crippen molar-refractivity contribution in [2.45, 2.75) is 6.54 Å². The number of rotatable bonds is 6. The van der Waals surface area contributed by atoms with Crippen LogP contribution in [0.25, 0.3) is 10.2 Å². The van der Waals surface area contributed by atoms with E-state index in [1.54, 1.807) is 25.6 Å². The van der Waals surface area contributed by atoms with Crippen molar-refractivity contribution in [1.82, 2.24) is 9.97 Å². The SMILES string of the molecule is COc1ccc2sc(N(Cc3ccncc3)C(=O)c3ccc([N+](=O)[O-])s3)nc2c1. The molecule has 0 spiro atoms. The topological polar surface area (TPSA) is 98.5 Å². The maximum absolute atomic E-state index is 13.2. The van der Waals surface area contributed by atoms with Gasteiger partial charge >= 0.3 is 5.00 Å². The van der Waals surface area contributed by atoms with Crippen LogP contribution in [0.5, 0.6) is 5.75 Å². The van der Waals surface area contributed by atoms with E-state index >= 15 is 0 Å². The van der Waals surface area contributed by atoms with Crippen molar-refractivity contribution in [3.05, 3.63) is 75.4 Å². The number of amides is 1. The molecule has 0 saturated carbocycles. The first kappa shape index (κ1) is 19.0. The molecule has 0 bridgehead atoms. The van der Waals surface area contributed by atoms with Crippen LogP contribution in [0.15, 0.2) is 54.9 Å². The van der Waals surface area contributed by atoms with E-state index in [4.69, 9.17) is 4.74 Å². The van der Waals surface area contributed by atoms with Crippen LogP contribution in [0.3, 0.4) is 0 Å². The lowest BCUT2D eigenvalue weighted by atomic mass is 10.2. The summed E-state index contributed by atoms with van der Waals surface area (Å²) in [4.78, 5) is 34.1. The van der Waals surface area contributed by atoms with Gasteiger partial charge in [-0.15, -0.1) is 0 Å². The van der Waals surface area contributed by atoms with Crippen molar-refractivity contribution < 1.29 is 14.5 Å². The molecule has 0 aliphatic heterocycles. The van der Waals surface area contributed by atoms with E-state index < -0.39 is 4.92 Å². The molecule has 4 aromatic rings. The van der Waals surface area contributed by atoms with Gasteiger partial charge in [0, 0.05) is 24.5 Å². The van der Waals surface area contributed by atoms with Gasteiger partial charge in [-0.25, -0.2) is 4.98 Å². The van der Waals surface area contributed by atoms with Gasteiger partial charge in [0.15, 0.2) is 5.13 Å². The third-order valence-electron chi connectivity index (χ3n) is 4.13. The quantitative estimate of drug-likeness (QED) is 0.332. The molecule has 1 aromatic carbocycles. The number of methoxy groups -OCH3 is 1. The van der Waals surface area contributed by atoms with Gasteiger partial charge in [0.25, 0.3) is 5.91 Å². The fourth-order valence-corrected chi connectivity index (χ4v) is 4.42. The second kappa shape index (κ2) is 7.94. The molecule has 1 amide bonds. The lowest BCUT2D eigenvalue weighted by Crippen LogP contribution is -2.29. The summed E-state index contributed by atoms with van der Waals surface area (Å²) in [5.74, 6) is 0.334. The van der Waals surface area contributed by atoms with E-state index in [1.165, 1.54) is 28.4 Å². The van der Waals surface area contributed by atoms with Gasteiger partial charge in [0.2, 0.25) is 0 Å². The molecule has 8 nitrogen and oxygen atoms in total. The van der Waals surface area contributed by atoms with Crippen LogP contribution in [-0.2, 0) is 6.54 Å². The summed E-state index contributed by atoms with van der Waals surface area (Å²) < 4.78 is 6.15. The highest BCUT2D eigenvalue weighted by atomic mass is 32.1. The molecule has 0 fully saturated rings. The number of fused-ring (bicyclic) bond motifs is 1. The summed E-state index contributed by atoms with van der Waals surface area (Å²) in [6, 6.07) is 12.0. The van der Waals surface area contributed by atoms with Crippen molar-refractivity contribution in [1.29, 1.82) is 0 Å². The molecule has 146 valence electrons. The Labute approximate surface area is 173 Å². The second-order valence-corrected chi connectivity index (χ2v) is 8.04. The molecule has 3 heterocycles. The van der Waals surface area contributed by atoms with Crippen LogP contribution in [0.4, 0.5) is 10.1 Å². The Balaban J connectivity index is 1.75. The first-order chi connectivity index (χ1) is 14.0. The van der Waals surface area contributed by atoms with Crippen LogP contribution in [0.1, 0.15) is 15.2 Å². The Kier molecular flexibility index (Phi) is 5.19. The first-order valence-corrected chi connectivity index (χ1v) is 10.1. The zero-order chi connectivity index (χ0) is 20.4. The molecule has 3 aromatic heterocycles. The average molecular weight is 426 g/mol. The number of hydrogen-bond donors (Lipinski definition) is 0. The number of hydrogen-bond acceptors (Lipinski definition) is 8. The number of ether oxygens (including phenoxy) is 1. The minimum absolute atomic E-state index is 0.0775. The summed E-state index contributed by atoms with van der Waals surface area (Å²) in [6.45, 7) is 0.268. The molecular formula is C19H14N4O4S2. The van der Waals surface area contributed by atoms with Crippen molar-refractivity contribution in [3.8, 4) is 5.75 Å². The number of thiazole rings is 1. The monoisotopic (exact) mass is 426 g/mol. The number of aromatic nitrogens is 2. The van der Waals surface area contributed by atoms with Crippen LogP contribution in [0.2, 0.25) is 0 Å². The molecular weight excluding hydrogens is 412 g/mol. The standard InChI is InChI=1S/C19H14N4O4S2/c1-27-13-2-3-15-14(10-13)21-19(29-15)22(11-12-6-8-20-9-7-12)18(24)16-4-5-17(28-16)23(25)26/h2-10H,11H2,1H3. The average Bonchev–Trinajstić information content (AvgIpc) is 3.39. The molecule has 0 saturated heterocycles. The number of carbonyl (C=O) groups excluding carboxylic acids is 1. The maximum Gasteiger partial charge on any atom is 0.324 e. The highest BCUT2D eigenvalue weighted by molar-refractivity contribution is 7.22. The molecule has 0 unspecified atom stereocenters. The van der Waals surface area contributed by atoms with Crippen molar-refractivity contribution in [2.75, 3.05) is 12.0 Å². The molecule has 0 aliphatic rings. The van der Waals surface area contributed by atoms with E-state index in [2.05, 4.69) is 9.97 Å². The number of pyridine rings is 1. The summed E-state index contributed by atoms with van der Waals surface area (Å²) in [7, 11) is 1.58. The largest absolute Gasteiger partial charge is 0.497 e. The molecule has 0 N–H and O–H groups in total. The van der Waals surface area contributed by atoms with Gasteiger partial charge in [-0.1, -0.05) is 22.7 Å². The van der Waals surface area contributed by atoms with Gasteiger partial charge < -0.3 is 4.74 Å². The predicted molar refractivity (Wildman–Crippen MR) is 112 cm³/mol. The number of nitro groups is 1. The van der Waals surface area contributed by atoms with Gasteiger partial charge in [-0.2, -0.15) is 0 Å². The number of nitrogens with zero attached hydrogens (tertiary/aromatic N) is 4. The van der Waals surface area contributed by atoms with Gasteiger partial charge in [0.05, 0.1) is 33.7 Å².